The molecule has 1 amide bonds. The maximum Gasteiger partial charge on any atom is 0.289 e. The van der Waals surface area contributed by atoms with E-state index in [2.05, 4.69) is 20.7 Å². The summed E-state index contributed by atoms with van der Waals surface area (Å²) < 4.78 is 5.89. The normalized spacial score (nSPS) is 11.2. The molecule has 0 unspecified atom stereocenters. The van der Waals surface area contributed by atoms with E-state index in [1.807, 2.05) is 92.7 Å². The number of carbonyl (C=O) groups is 1. The molecule has 0 radical (unpaired) electrons. The monoisotopic (exact) mass is 424 g/mol. The van der Waals surface area contributed by atoms with Gasteiger partial charge in [-0.25, -0.2) is 5.43 Å². The van der Waals surface area contributed by atoms with Gasteiger partial charge >= 0.3 is 0 Å². The predicted octanol–water partition coefficient (Wildman–Crippen LogP) is 5.12. The summed E-state index contributed by atoms with van der Waals surface area (Å²) in [5.41, 5.74) is 8.36. The molecule has 1 heterocycles. The Kier molecular flexibility index (Phi) is 6.41. The molecule has 0 aliphatic heterocycles. The van der Waals surface area contributed by atoms with Gasteiger partial charge in [-0.1, -0.05) is 72.3 Å². The molecule has 4 aromatic rings. The highest BCUT2D eigenvalue weighted by atomic mass is 16.5. The Hall–Kier alpha value is -4.19. The highest BCUT2D eigenvalue weighted by Gasteiger charge is 2.11. The number of nitrogens with one attached hydrogen (secondary N) is 2. The molecule has 0 fully saturated rings. The van der Waals surface area contributed by atoms with Crippen LogP contribution in [-0.2, 0) is 6.61 Å². The number of hydrogen-bond donors (Lipinski definition) is 2. The van der Waals surface area contributed by atoms with E-state index in [1.165, 1.54) is 5.56 Å². The minimum Gasteiger partial charge on any atom is -0.489 e. The average molecular weight is 425 g/mol. The second-order valence-electron chi connectivity index (χ2n) is 7.47. The number of carbonyl (C=O) groups excluding carboxylic acids is 1. The summed E-state index contributed by atoms with van der Waals surface area (Å²) in [6.07, 6.45) is 0. The van der Waals surface area contributed by atoms with Gasteiger partial charge in [-0.3, -0.25) is 9.89 Å². The number of aromatic nitrogens is 2. The minimum absolute atomic E-state index is 0.330. The van der Waals surface area contributed by atoms with Crippen LogP contribution < -0.4 is 10.2 Å². The lowest BCUT2D eigenvalue weighted by atomic mass is 10.1. The maximum atomic E-state index is 12.5. The Morgan fingerprint density at radius 3 is 2.56 bits per heavy atom. The number of hydrogen-bond acceptors (Lipinski definition) is 4. The molecule has 2 N–H and O–H groups in total. The van der Waals surface area contributed by atoms with Gasteiger partial charge in [0, 0.05) is 5.56 Å². The van der Waals surface area contributed by atoms with Crippen LogP contribution in [0, 0.1) is 6.92 Å². The largest absolute Gasteiger partial charge is 0.489 e. The Labute approximate surface area is 187 Å². The van der Waals surface area contributed by atoms with Gasteiger partial charge in [0.1, 0.15) is 18.1 Å². The zero-order valence-electron chi connectivity index (χ0n) is 18.0. The molecule has 3 aromatic carbocycles. The first-order chi connectivity index (χ1) is 15.6. The molecule has 6 heteroatoms. The smallest absolute Gasteiger partial charge is 0.289 e. The van der Waals surface area contributed by atoms with Crippen molar-refractivity contribution >= 4 is 11.6 Å². The highest BCUT2D eigenvalue weighted by molar-refractivity contribution is 6.00. The van der Waals surface area contributed by atoms with Gasteiger partial charge in [-0.05, 0) is 43.2 Å². The van der Waals surface area contributed by atoms with Crippen LogP contribution in [0.15, 0.2) is 90.0 Å². The van der Waals surface area contributed by atoms with Crippen LogP contribution in [0.4, 0.5) is 0 Å². The van der Waals surface area contributed by atoms with Gasteiger partial charge < -0.3 is 4.74 Å². The third-order valence-electron chi connectivity index (χ3n) is 5.00. The third-order valence-corrected chi connectivity index (χ3v) is 5.00. The molecule has 0 atom stereocenters. The molecular formula is C26H24N4O2. The van der Waals surface area contributed by atoms with E-state index in [1.54, 1.807) is 6.07 Å². The van der Waals surface area contributed by atoms with Crippen LogP contribution in [0.5, 0.6) is 5.75 Å². The van der Waals surface area contributed by atoms with Crippen molar-refractivity contribution < 1.29 is 9.53 Å². The predicted molar refractivity (Wildman–Crippen MR) is 126 cm³/mol. The molecule has 0 bridgehead atoms. The van der Waals surface area contributed by atoms with E-state index < -0.39 is 0 Å². The standard InChI is InChI=1S/C26H24N4O2/c1-18-11-13-21(14-12-18)19(2)27-30-26(31)25-16-24(28-29-25)22-9-6-10-23(15-22)32-17-20-7-4-3-5-8-20/h3-16H,17H2,1-2H3,(H,28,29)(H,30,31). The van der Waals surface area contributed by atoms with Gasteiger partial charge in [0.25, 0.3) is 5.91 Å². The summed E-state index contributed by atoms with van der Waals surface area (Å²) in [4.78, 5) is 12.5. The van der Waals surface area contributed by atoms with Crippen molar-refractivity contribution in [3.8, 4) is 17.0 Å². The number of benzene rings is 3. The van der Waals surface area contributed by atoms with Crippen molar-refractivity contribution in [2.45, 2.75) is 20.5 Å². The van der Waals surface area contributed by atoms with E-state index in [4.69, 9.17) is 4.74 Å². The second-order valence-corrected chi connectivity index (χ2v) is 7.47. The lowest BCUT2D eigenvalue weighted by Crippen LogP contribution is -2.19. The van der Waals surface area contributed by atoms with E-state index >= 15 is 0 Å². The summed E-state index contributed by atoms with van der Waals surface area (Å²) >= 11 is 0. The van der Waals surface area contributed by atoms with Crippen molar-refractivity contribution in [3.05, 3.63) is 107 Å². The fraction of sp³-hybridized carbons (Fsp3) is 0.115. The van der Waals surface area contributed by atoms with E-state index in [-0.39, 0.29) is 5.91 Å². The molecule has 0 aliphatic rings. The number of amides is 1. The number of ether oxygens (including phenoxy) is 1. The Morgan fingerprint density at radius 2 is 1.78 bits per heavy atom. The average Bonchev–Trinajstić information content (AvgIpc) is 3.33. The third kappa shape index (κ3) is 5.29. The van der Waals surface area contributed by atoms with E-state index in [0.29, 0.717) is 18.0 Å². The quantitative estimate of drug-likeness (QED) is 0.319. The summed E-state index contributed by atoms with van der Waals surface area (Å²) in [6.45, 7) is 4.36. The van der Waals surface area contributed by atoms with Crippen LogP contribution in [-0.4, -0.2) is 21.8 Å². The summed E-state index contributed by atoms with van der Waals surface area (Å²) in [5.74, 6) is 0.380. The van der Waals surface area contributed by atoms with Crippen LogP contribution >= 0.6 is 0 Å². The first-order valence-corrected chi connectivity index (χ1v) is 10.3. The fourth-order valence-corrected chi connectivity index (χ4v) is 3.13. The summed E-state index contributed by atoms with van der Waals surface area (Å²) in [5, 5.41) is 11.3. The van der Waals surface area contributed by atoms with Crippen molar-refractivity contribution in [3.63, 3.8) is 0 Å². The molecule has 160 valence electrons. The van der Waals surface area contributed by atoms with Gasteiger partial charge in [-0.15, -0.1) is 0 Å². The molecule has 0 spiro atoms. The van der Waals surface area contributed by atoms with Crippen molar-refractivity contribution in [2.24, 2.45) is 5.10 Å². The number of aryl methyl sites for hydroxylation is 1. The zero-order chi connectivity index (χ0) is 22.3. The molecular weight excluding hydrogens is 400 g/mol. The number of H-pyrrole nitrogens is 1. The summed E-state index contributed by atoms with van der Waals surface area (Å²) in [6, 6.07) is 27.3. The molecule has 32 heavy (non-hydrogen) atoms. The van der Waals surface area contributed by atoms with Gasteiger partial charge in [-0.2, -0.15) is 10.2 Å². The number of rotatable bonds is 7. The Morgan fingerprint density at radius 1 is 1.00 bits per heavy atom. The van der Waals surface area contributed by atoms with Crippen molar-refractivity contribution in [2.75, 3.05) is 0 Å². The Balaban J connectivity index is 1.41. The minimum atomic E-state index is -0.355. The first-order valence-electron chi connectivity index (χ1n) is 10.3. The summed E-state index contributed by atoms with van der Waals surface area (Å²) in [7, 11) is 0. The van der Waals surface area contributed by atoms with Gasteiger partial charge in [0.2, 0.25) is 0 Å². The van der Waals surface area contributed by atoms with Crippen molar-refractivity contribution in [1.29, 1.82) is 0 Å². The number of nitrogens with zero attached hydrogens (tertiary/aromatic N) is 2. The van der Waals surface area contributed by atoms with E-state index in [9.17, 15) is 4.79 Å². The molecule has 0 aliphatic carbocycles. The topological polar surface area (TPSA) is 79.4 Å². The maximum absolute atomic E-state index is 12.5. The highest BCUT2D eigenvalue weighted by Crippen LogP contribution is 2.23. The number of aromatic amines is 1. The molecule has 0 saturated carbocycles. The molecule has 6 nitrogen and oxygen atoms in total. The lowest BCUT2D eigenvalue weighted by molar-refractivity contribution is 0.0950. The van der Waals surface area contributed by atoms with Crippen molar-refractivity contribution in [1.82, 2.24) is 15.6 Å². The molecule has 4 rings (SSSR count). The number of hydrazone groups is 1. The van der Waals surface area contributed by atoms with Crippen LogP contribution in [0.3, 0.4) is 0 Å². The van der Waals surface area contributed by atoms with Gasteiger partial charge in [0.15, 0.2) is 0 Å². The van der Waals surface area contributed by atoms with Crippen LogP contribution in [0.1, 0.15) is 34.1 Å². The first kappa shape index (κ1) is 21.1. The zero-order valence-corrected chi connectivity index (χ0v) is 18.0. The molecule has 0 saturated heterocycles. The SMILES string of the molecule is CC(=NNC(=O)c1cc(-c2cccc(OCc3ccccc3)c2)n[nH]1)c1ccc(C)cc1. The van der Waals surface area contributed by atoms with Crippen LogP contribution in [0.2, 0.25) is 0 Å². The van der Waals surface area contributed by atoms with E-state index in [0.717, 1.165) is 28.2 Å². The molecule has 1 aromatic heterocycles. The van der Waals surface area contributed by atoms with Crippen LogP contribution in [0.25, 0.3) is 11.3 Å². The fourth-order valence-electron chi connectivity index (χ4n) is 3.13. The lowest BCUT2D eigenvalue weighted by Gasteiger charge is -2.07. The second kappa shape index (κ2) is 9.75. The Bertz CT molecular complexity index is 1230. The van der Waals surface area contributed by atoms with Gasteiger partial charge in [0.05, 0.1) is 11.4 Å².